The Balaban J connectivity index is 0.000000290. The molecule has 35 heavy (non-hydrogen) atoms. The Morgan fingerprint density at radius 2 is 1.91 bits per heavy atom. The van der Waals surface area contributed by atoms with E-state index < -0.39 is 29.2 Å². The van der Waals surface area contributed by atoms with Gasteiger partial charge in [0.05, 0.1) is 11.1 Å². The highest BCUT2D eigenvalue weighted by Gasteiger charge is 2.22. The van der Waals surface area contributed by atoms with E-state index in [1.807, 2.05) is 24.1 Å². The topological polar surface area (TPSA) is 85.2 Å². The molecule has 0 bridgehead atoms. The maximum Gasteiger partial charge on any atom is 0.212 e. The van der Waals surface area contributed by atoms with Gasteiger partial charge in [0.25, 0.3) is 0 Å². The minimum Gasteiger partial charge on any atom is -0.382 e. The van der Waals surface area contributed by atoms with Gasteiger partial charge in [-0.25, -0.2) is 22.5 Å². The second-order valence-electron chi connectivity index (χ2n) is 7.57. The molecular weight excluding hydrogens is 493 g/mol. The fourth-order valence-corrected chi connectivity index (χ4v) is 4.50. The summed E-state index contributed by atoms with van der Waals surface area (Å²) in [6.45, 7) is 11.3. The summed E-state index contributed by atoms with van der Waals surface area (Å²) in [7, 11) is 0. The molecule has 10 heteroatoms. The van der Waals surface area contributed by atoms with Crippen molar-refractivity contribution in [2.75, 3.05) is 18.8 Å². The number of hydrogen-bond acceptors (Lipinski definition) is 7. The van der Waals surface area contributed by atoms with Crippen LogP contribution in [-0.2, 0) is 0 Å². The number of piperidine rings is 1. The van der Waals surface area contributed by atoms with E-state index in [4.69, 9.17) is 11.5 Å². The van der Waals surface area contributed by atoms with Gasteiger partial charge in [-0.05, 0) is 62.6 Å². The normalized spacial score (nSPS) is 15.6. The van der Waals surface area contributed by atoms with Crippen LogP contribution in [0.3, 0.4) is 0 Å². The lowest BCUT2D eigenvalue weighted by Crippen LogP contribution is -2.36. The summed E-state index contributed by atoms with van der Waals surface area (Å²) in [5.41, 5.74) is 12.0. The summed E-state index contributed by atoms with van der Waals surface area (Å²) in [4.78, 5) is 16.8. The molecule has 1 aromatic heterocycles. The number of halogens is 3. The number of nitrogens with zero attached hydrogens (tertiary/aromatic N) is 2. The van der Waals surface area contributed by atoms with Crippen molar-refractivity contribution in [2.24, 2.45) is 5.73 Å². The number of allylic oxidation sites excluding steroid dienone is 5. The number of carbonyl (C=O) groups excluding carboxylic acids is 1. The fraction of sp³-hybridized carbons (Fsp3) is 0.360. The molecule has 1 unspecified atom stereocenters. The Bertz CT molecular complexity index is 980. The molecule has 0 radical (unpaired) electrons. The van der Waals surface area contributed by atoms with E-state index in [2.05, 4.69) is 22.8 Å². The third-order valence-electron chi connectivity index (χ3n) is 4.57. The molecule has 192 valence electrons. The third kappa shape index (κ3) is 11.3. The molecule has 1 aromatic carbocycles. The van der Waals surface area contributed by atoms with Crippen molar-refractivity contribution in [2.45, 2.75) is 45.8 Å². The molecule has 5 nitrogen and oxygen atoms in total. The van der Waals surface area contributed by atoms with Gasteiger partial charge < -0.3 is 11.5 Å². The zero-order valence-corrected chi connectivity index (χ0v) is 21.8. The van der Waals surface area contributed by atoms with Crippen LogP contribution in [0.1, 0.15) is 48.8 Å². The van der Waals surface area contributed by atoms with Crippen LogP contribution in [0, 0.1) is 11.6 Å². The molecule has 0 amide bonds. The van der Waals surface area contributed by atoms with Crippen molar-refractivity contribution in [3.8, 4) is 0 Å². The predicted molar refractivity (Wildman–Crippen MR) is 142 cm³/mol. The van der Waals surface area contributed by atoms with E-state index in [1.54, 1.807) is 13.0 Å². The highest BCUT2D eigenvalue weighted by molar-refractivity contribution is 8.00. The molecule has 1 atom stereocenters. The molecular formula is C25H33F3N4OS2. The summed E-state index contributed by atoms with van der Waals surface area (Å²) >= 11 is 2.77. The maximum atomic E-state index is 13.3. The maximum absolute atomic E-state index is 13.3. The highest BCUT2D eigenvalue weighted by atomic mass is 32.2. The number of rotatable bonds is 6. The number of ketones is 1. The lowest BCUT2D eigenvalue weighted by atomic mass is 10.1. The lowest BCUT2D eigenvalue weighted by Gasteiger charge is -2.28. The first-order valence-corrected chi connectivity index (χ1v) is 12.7. The van der Waals surface area contributed by atoms with Crippen LogP contribution in [0.15, 0.2) is 59.5 Å². The third-order valence-corrected chi connectivity index (χ3v) is 6.46. The first-order valence-electron chi connectivity index (χ1n) is 11.0. The Hall–Kier alpha value is -2.40. The van der Waals surface area contributed by atoms with E-state index in [0.29, 0.717) is 6.04 Å². The number of benzene rings is 1. The second kappa shape index (κ2) is 16.3. The fourth-order valence-electron chi connectivity index (χ4n) is 2.89. The first-order chi connectivity index (χ1) is 16.6. The minimum atomic E-state index is -0.905. The summed E-state index contributed by atoms with van der Waals surface area (Å²) in [6.07, 6.45) is 8.53. The molecule has 1 fully saturated rings. The Kier molecular flexibility index (Phi) is 14.3. The van der Waals surface area contributed by atoms with Gasteiger partial charge in [0.15, 0.2) is 0 Å². The molecule has 1 aliphatic rings. The number of thiazole rings is 1. The van der Waals surface area contributed by atoms with Crippen LogP contribution in [0.2, 0.25) is 0 Å². The molecule has 2 aromatic rings. The van der Waals surface area contributed by atoms with Gasteiger partial charge >= 0.3 is 0 Å². The van der Waals surface area contributed by atoms with E-state index >= 15 is 0 Å². The first kappa shape index (κ1) is 30.6. The number of anilines is 1. The average Bonchev–Trinajstić information content (AvgIpc) is 3.22. The zero-order valence-electron chi connectivity index (χ0n) is 20.2. The van der Waals surface area contributed by atoms with E-state index in [-0.39, 0.29) is 10.7 Å². The van der Waals surface area contributed by atoms with Crippen LogP contribution < -0.4 is 11.5 Å². The van der Waals surface area contributed by atoms with Gasteiger partial charge in [0.2, 0.25) is 5.78 Å². The van der Waals surface area contributed by atoms with Crippen LogP contribution in [0.5, 0.6) is 0 Å². The van der Waals surface area contributed by atoms with Crippen molar-refractivity contribution in [1.82, 2.24) is 9.29 Å². The number of hydrogen-bond donors (Lipinski definition) is 2. The quantitative estimate of drug-likeness (QED) is 0.199. The van der Waals surface area contributed by atoms with Gasteiger partial charge in [0, 0.05) is 19.1 Å². The van der Waals surface area contributed by atoms with Gasteiger partial charge in [-0.2, -0.15) is 0 Å². The molecule has 0 saturated carbocycles. The molecule has 2 heterocycles. The Morgan fingerprint density at radius 1 is 1.31 bits per heavy atom. The number of aromatic nitrogens is 1. The Morgan fingerprint density at radius 3 is 2.34 bits per heavy atom. The zero-order chi connectivity index (χ0) is 26.4. The minimum absolute atomic E-state index is 0.0161. The van der Waals surface area contributed by atoms with Crippen molar-refractivity contribution in [3.63, 3.8) is 0 Å². The lowest BCUT2D eigenvalue weighted by molar-refractivity contribution is 0.103. The Labute approximate surface area is 213 Å². The van der Waals surface area contributed by atoms with Crippen molar-refractivity contribution >= 4 is 34.9 Å². The average molecular weight is 527 g/mol. The smallest absolute Gasteiger partial charge is 0.212 e. The van der Waals surface area contributed by atoms with Gasteiger partial charge in [-0.3, -0.25) is 4.79 Å². The number of nitrogen functional groups attached to an aromatic ring is 1. The SMILES string of the molecule is C/C=C\C(C)F.C=C/C=C(\C)SN1CCC(N)CC1.Nc1ncsc1C(=O)c1c(F)cccc1F. The van der Waals surface area contributed by atoms with E-state index in [0.717, 1.165) is 49.4 Å². The molecule has 3 rings (SSSR count). The number of carbonyl (C=O) groups is 1. The van der Waals surface area contributed by atoms with Crippen molar-refractivity contribution < 1.29 is 18.0 Å². The number of nitrogens with two attached hydrogens (primary N) is 2. The largest absolute Gasteiger partial charge is 0.382 e. The summed E-state index contributed by atoms with van der Waals surface area (Å²) in [6, 6.07) is 3.65. The second-order valence-corrected chi connectivity index (χ2v) is 9.76. The molecule has 1 aliphatic heterocycles. The van der Waals surface area contributed by atoms with Crippen LogP contribution in [0.25, 0.3) is 0 Å². The van der Waals surface area contributed by atoms with E-state index in [1.165, 1.54) is 29.5 Å². The summed E-state index contributed by atoms with van der Waals surface area (Å²) in [5.74, 6) is -2.61. The summed E-state index contributed by atoms with van der Waals surface area (Å²) < 4.78 is 40.6. The van der Waals surface area contributed by atoms with Crippen LogP contribution in [-0.4, -0.2) is 40.4 Å². The van der Waals surface area contributed by atoms with E-state index in [9.17, 15) is 18.0 Å². The predicted octanol–water partition coefficient (Wildman–Crippen LogP) is 6.30. The van der Waals surface area contributed by atoms with Gasteiger partial charge in [0.1, 0.15) is 28.5 Å². The monoisotopic (exact) mass is 526 g/mol. The van der Waals surface area contributed by atoms with Gasteiger partial charge in [-0.1, -0.05) is 36.9 Å². The van der Waals surface area contributed by atoms with Gasteiger partial charge in [-0.15, -0.1) is 11.3 Å². The molecule has 4 N–H and O–H groups in total. The number of alkyl halides is 1. The summed E-state index contributed by atoms with van der Waals surface area (Å²) in [5, 5.41) is 0. The molecule has 1 saturated heterocycles. The standard InChI is InChI=1S/C10H6F2N2OS.C10H18N2S.C5H9F/c11-5-2-1-3-6(12)7(5)8(15)9-10(13)14-4-16-9;1-3-4-9(2)13-12-7-5-10(11)6-8-12;1-3-4-5(2)6/h1-4H,13H2;3-4,10H,1,5-8,11H2,2H3;3-5H,1-2H3/b;9-4+;4-3-. The van der Waals surface area contributed by atoms with Crippen molar-refractivity contribution in [3.05, 3.63) is 81.6 Å². The molecule has 0 aliphatic carbocycles. The van der Waals surface area contributed by atoms with Crippen molar-refractivity contribution in [1.29, 1.82) is 0 Å². The van der Waals surface area contributed by atoms with Crippen LogP contribution in [0.4, 0.5) is 19.0 Å². The highest BCUT2D eigenvalue weighted by Crippen LogP contribution is 2.24. The van der Waals surface area contributed by atoms with Crippen LogP contribution >= 0.6 is 23.3 Å². The molecule has 0 spiro atoms.